The molecule has 0 unspecified atom stereocenters. The predicted molar refractivity (Wildman–Crippen MR) is 101 cm³/mol. The molecule has 0 radical (unpaired) electrons. The Morgan fingerprint density at radius 2 is 1.52 bits per heavy atom. The highest BCUT2D eigenvalue weighted by Gasteiger charge is 2.08. The van der Waals surface area contributed by atoms with Gasteiger partial charge in [0.05, 0.1) is 13.0 Å². The fourth-order valence-corrected chi connectivity index (χ4v) is 2.17. The molecule has 1 rings (SSSR count). The van der Waals surface area contributed by atoms with E-state index in [-0.39, 0.29) is 43.7 Å². The second-order valence-electron chi connectivity index (χ2n) is 5.79. The maximum Gasteiger partial charge on any atom is 0.306 e. The van der Waals surface area contributed by atoms with Crippen LogP contribution in [0.4, 0.5) is 5.69 Å². The zero-order chi connectivity index (χ0) is 20.1. The normalized spacial score (nSPS) is 10.0. The Kier molecular flexibility index (Phi) is 10.2. The number of benzene rings is 1. The quantitative estimate of drug-likeness (QED) is 0.400. The summed E-state index contributed by atoms with van der Waals surface area (Å²) in [6.07, 6.45) is 1.31. The van der Waals surface area contributed by atoms with Crippen LogP contribution in [0.2, 0.25) is 0 Å². The second-order valence-corrected chi connectivity index (χ2v) is 5.79. The number of esters is 1. The van der Waals surface area contributed by atoms with Crippen molar-refractivity contribution in [1.82, 2.24) is 10.6 Å². The van der Waals surface area contributed by atoms with Crippen LogP contribution in [0.5, 0.6) is 0 Å². The first kappa shape index (κ1) is 22.1. The summed E-state index contributed by atoms with van der Waals surface area (Å²) >= 11 is 0. The molecule has 0 fully saturated rings. The Bertz CT molecular complexity index is 643. The lowest BCUT2D eigenvalue weighted by molar-refractivity contribution is -0.144. The first-order chi connectivity index (χ1) is 13.0. The van der Waals surface area contributed by atoms with Crippen molar-refractivity contribution in [3.05, 3.63) is 29.8 Å². The van der Waals surface area contributed by atoms with E-state index < -0.39 is 5.97 Å². The fourth-order valence-electron chi connectivity index (χ4n) is 2.17. The number of carbonyl (C=O) groups excluding carboxylic acids is 4. The molecule has 0 aliphatic rings. The van der Waals surface area contributed by atoms with Crippen molar-refractivity contribution in [3.63, 3.8) is 0 Å². The highest BCUT2D eigenvalue weighted by molar-refractivity contribution is 5.95. The van der Waals surface area contributed by atoms with Crippen molar-refractivity contribution < 1.29 is 23.9 Å². The van der Waals surface area contributed by atoms with Gasteiger partial charge in [-0.05, 0) is 37.6 Å². The molecule has 0 aromatic heterocycles. The summed E-state index contributed by atoms with van der Waals surface area (Å²) in [5.41, 5.74) is 1.09. The third-order valence-corrected chi connectivity index (χ3v) is 3.50. The molecule has 1 aromatic rings. The van der Waals surface area contributed by atoms with Crippen LogP contribution in [0.3, 0.4) is 0 Å². The minimum absolute atomic E-state index is 0.0349. The van der Waals surface area contributed by atoms with Gasteiger partial charge in [-0.15, -0.1) is 0 Å². The minimum atomic E-state index is -0.407. The molecule has 0 aliphatic heterocycles. The molecular formula is C19H27N3O5. The SMILES string of the molecule is CCCC(=O)Nc1ccc(C(=O)NCCNC(=O)CCC(=O)OCC)cc1. The van der Waals surface area contributed by atoms with Gasteiger partial charge in [-0.1, -0.05) is 6.92 Å². The van der Waals surface area contributed by atoms with E-state index in [4.69, 9.17) is 4.74 Å². The average molecular weight is 377 g/mol. The van der Waals surface area contributed by atoms with Gasteiger partial charge in [0.2, 0.25) is 11.8 Å². The van der Waals surface area contributed by atoms with Gasteiger partial charge in [0, 0.05) is 37.2 Å². The molecule has 0 saturated heterocycles. The molecule has 1 aromatic carbocycles. The summed E-state index contributed by atoms with van der Waals surface area (Å²) in [7, 11) is 0. The van der Waals surface area contributed by atoms with E-state index in [0.29, 0.717) is 24.3 Å². The van der Waals surface area contributed by atoms with E-state index in [1.54, 1.807) is 31.2 Å². The van der Waals surface area contributed by atoms with Gasteiger partial charge >= 0.3 is 5.97 Å². The van der Waals surface area contributed by atoms with E-state index >= 15 is 0 Å². The van der Waals surface area contributed by atoms with Crippen molar-refractivity contribution in [1.29, 1.82) is 0 Å². The van der Waals surface area contributed by atoms with E-state index in [1.165, 1.54) is 0 Å². The van der Waals surface area contributed by atoms with Crippen LogP contribution in [0.15, 0.2) is 24.3 Å². The topological polar surface area (TPSA) is 114 Å². The number of carbonyl (C=O) groups is 4. The molecule has 0 heterocycles. The third kappa shape index (κ3) is 9.39. The summed E-state index contributed by atoms with van der Waals surface area (Å²) in [5.74, 6) is -1.02. The molecule has 0 saturated carbocycles. The smallest absolute Gasteiger partial charge is 0.306 e. The van der Waals surface area contributed by atoms with Crippen LogP contribution in [-0.2, 0) is 19.1 Å². The molecule has 8 heteroatoms. The Morgan fingerprint density at radius 3 is 2.15 bits per heavy atom. The van der Waals surface area contributed by atoms with E-state index in [2.05, 4.69) is 16.0 Å². The van der Waals surface area contributed by atoms with E-state index in [1.807, 2.05) is 6.92 Å². The summed E-state index contributed by atoms with van der Waals surface area (Å²) in [5, 5.41) is 8.06. The van der Waals surface area contributed by atoms with Gasteiger partial charge in [0.15, 0.2) is 0 Å². The van der Waals surface area contributed by atoms with Crippen molar-refractivity contribution >= 4 is 29.4 Å². The summed E-state index contributed by atoms with van der Waals surface area (Å²) in [6.45, 7) is 4.45. The molecule has 27 heavy (non-hydrogen) atoms. The van der Waals surface area contributed by atoms with Crippen LogP contribution < -0.4 is 16.0 Å². The van der Waals surface area contributed by atoms with Crippen molar-refractivity contribution in [2.75, 3.05) is 25.0 Å². The molecular weight excluding hydrogens is 350 g/mol. The summed E-state index contributed by atoms with van der Waals surface area (Å²) in [6, 6.07) is 6.57. The highest BCUT2D eigenvalue weighted by atomic mass is 16.5. The minimum Gasteiger partial charge on any atom is -0.466 e. The van der Waals surface area contributed by atoms with Crippen molar-refractivity contribution in [2.45, 2.75) is 39.5 Å². The Hall–Kier alpha value is -2.90. The van der Waals surface area contributed by atoms with E-state index in [0.717, 1.165) is 6.42 Å². The van der Waals surface area contributed by atoms with Crippen LogP contribution in [0.25, 0.3) is 0 Å². The molecule has 3 amide bonds. The molecule has 3 N–H and O–H groups in total. The largest absolute Gasteiger partial charge is 0.466 e. The molecule has 0 aliphatic carbocycles. The van der Waals surface area contributed by atoms with Gasteiger partial charge in [0.1, 0.15) is 0 Å². The first-order valence-corrected chi connectivity index (χ1v) is 9.06. The standard InChI is InChI=1S/C19H27N3O5/c1-3-5-17(24)22-15-8-6-14(7-9-15)19(26)21-13-12-20-16(23)10-11-18(25)27-4-2/h6-9H,3-5,10-13H2,1-2H3,(H,20,23)(H,21,26)(H,22,24). The Balaban J connectivity index is 2.27. The molecule has 0 bridgehead atoms. The number of amides is 3. The number of hydrogen-bond donors (Lipinski definition) is 3. The van der Waals surface area contributed by atoms with Crippen LogP contribution in [0.1, 0.15) is 49.9 Å². The Labute approximate surface area is 159 Å². The van der Waals surface area contributed by atoms with Crippen LogP contribution in [-0.4, -0.2) is 43.4 Å². The average Bonchev–Trinajstić information content (AvgIpc) is 2.64. The number of anilines is 1. The zero-order valence-corrected chi connectivity index (χ0v) is 15.8. The van der Waals surface area contributed by atoms with Crippen molar-refractivity contribution in [3.8, 4) is 0 Å². The lowest BCUT2D eigenvalue weighted by atomic mass is 10.2. The number of rotatable bonds is 11. The first-order valence-electron chi connectivity index (χ1n) is 9.06. The van der Waals surface area contributed by atoms with Gasteiger partial charge < -0.3 is 20.7 Å². The number of hydrogen-bond acceptors (Lipinski definition) is 5. The molecule has 148 valence electrons. The van der Waals surface area contributed by atoms with Crippen LogP contribution >= 0.6 is 0 Å². The maximum atomic E-state index is 12.0. The van der Waals surface area contributed by atoms with E-state index in [9.17, 15) is 19.2 Å². The van der Waals surface area contributed by atoms with Gasteiger partial charge in [-0.3, -0.25) is 19.2 Å². The lowest BCUT2D eigenvalue weighted by Crippen LogP contribution is -2.34. The zero-order valence-electron chi connectivity index (χ0n) is 15.8. The van der Waals surface area contributed by atoms with Crippen LogP contribution in [0, 0.1) is 0 Å². The van der Waals surface area contributed by atoms with Gasteiger partial charge in [-0.25, -0.2) is 0 Å². The fraction of sp³-hybridized carbons (Fsp3) is 0.474. The number of ether oxygens (including phenoxy) is 1. The maximum absolute atomic E-state index is 12.0. The van der Waals surface area contributed by atoms with Crippen molar-refractivity contribution in [2.24, 2.45) is 0 Å². The highest BCUT2D eigenvalue weighted by Crippen LogP contribution is 2.10. The monoisotopic (exact) mass is 377 g/mol. The summed E-state index contributed by atoms with van der Waals surface area (Å²) < 4.78 is 4.74. The van der Waals surface area contributed by atoms with Gasteiger partial charge in [-0.2, -0.15) is 0 Å². The predicted octanol–water partition coefficient (Wildman–Crippen LogP) is 1.61. The Morgan fingerprint density at radius 1 is 0.852 bits per heavy atom. The second kappa shape index (κ2) is 12.5. The third-order valence-electron chi connectivity index (χ3n) is 3.50. The van der Waals surface area contributed by atoms with Gasteiger partial charge in [0.25, 0.3) is 5.91 Å². The number of nitrogens with one attached hydrogen (secondary N) is 3. The molecule has 8 nitrogen and oxygen atoms in total. The summed E-state index contributed by atoms with van der Waals surface area (Å²) in [4.78, 5) is 46.3. The molecule has 0 spiro atoms. The lowest BCUT2D eigenvalue weighted by Gasteiger charge is -2.08. The molecule has 0 atom stereocenters.